The van der Waals surface area contributed by atoms with Crippen molar-refractivity contribution in [1.29, 1.82) is 0 Å². The lowest BCUT2D eigenvalue weighted by molar-refractivity contribution is 0.0953. The molecule has 0 bridgehead atoms. The maximum atomic E-state index is 11.5. The van der Waals surface area contributed by atoms with Crippen LogP contribution in [-0.2, 0) is 10.0 Å². The molecular formula is C9H13N3O4S. The van der Waals surface area contributed by atoms with E-state index in [2.05, 4.69) is 15.0 Å². The molecule has 17 heavy (non-hydrogen) atoms. The molecule has 0 unspecified atom stereocenters. The molecule has 1 aromatic heterocycles. The molecule has 0 fully saturated rings. The van der Waals surface area contributed by atoms with Crippen molar-refractivity contribution in [3.8, 4) is 0 Å². The highest BCUT2D eigenvalue weighted by atomic mass is 32.2. The number of rotatable bonds is 5. The Balaban J connectivity index is 2.47. The molecule has 0 spiro atoms. The third-order valence-corrected chi connectivity index (χ3v) is 2.57. The van der Waals surface area contributed by atoms with Gasteiger partial charge in [0.2, 0.25) is 10.0 Å². The summed E-state index contributed by atoms with van der Waals surface area (Å²) in [4.78, 5) is 25.4. The molecule has 1 heterocycles. The van der Waals surface area contributed by atoms with Crippen LogP contribution in [0.5, 0.6) is 0 Å². The van der Waals surface area contributed by atoms with Crippen LogP contribution in [0.1, 0.15) is 10.4 Å². The molecule has 0 aliphatic heterocycles. The Labute approximate surface area is 98.3 Å². The van der Waals surface area contributed by atoms with E-state index < -0.39 is 21.4 Å². The first-order chi connectivity index (χ1) is 7.90. The molecule has 3 N–H and O–H groups in total. The van der Waals surface area contributed by atoms with Crippen LogP contribution >= 0.6 is 0 Å². The van der Waals surface area contributed by atoms with Crippen molar-refractivity contribution >= 4 is 15.9 Å². The number of hydrogen-bond acceptors (Lipinski definition) is 4. The predicted molar refractivity (Wildman–Crippen MR) is 62.2 cm³/mol. The average Bonchev–Trinajstić information content (AvgIpc) is 2.23. The average molecular weight is 259 g/mol. The molecular weight excluding hydrogens is 246 g/mol. The van der Waals surface area contributed by atoms with Crippen molar-refractivity contribution in [2.24, 2.45) is 0 Å². The van der Waals surface area contributed by atoms with Gasteiger partial charge in [0.25, 0.3) is 5.91 Å². The standard InChI is InChI=1S/C9H13N3O4S/c1-17(15,16)12-5-4-11-9(14)7-6-10-3-2-8(7)13/h2-3,6,12H,4-5H2,1H3,(H,10,13)(H,11,14). The van der Waals surface area contributed by atoms with Gasteiger partial charge in [0.1, 0.15) is 5.56 Å². The van der Waals surface area contributed by atoms with Gasteiger partial charge in [0, 0.05) is 31.5 Å². The van der Waals surface area contributed by atoms with E-state index in [4.69, 9.17) is 0 Å². The van der Waals surface area contributed by atoms with Crippen LogP contribution in [0.25, 0.3) is 0 Å². The minimum absolute atomic E-state index is 0.00754. The number of aromatic nitrogens is 1. The van der Waals surface area contributed by atoms with E-state index in [0.29, 0.717) is 0 Å². The lowest BCUT2D eigenvalue weighted by Crippen LogP contribution is -2.35. The van der Waals surface area contributed by atoms with Crippen molar-refractivity contribution in [2.75, 3.05) is 19.3 Å². The summed E-state index contributed by atoms with van der Waals surface area (Å²) in [5.74, 6) is -0.540. The Morgan fingerprint density at radius 3 is 2.71 bits per heavy atom. The van der Waals surface area contributed by atoms with E-state index in [1.54, 1.807) is 0 Å². The topological polar surface area (TPSA) is 108 Å². The minimum atomic E-state index is -3.26. The van der Waals surface area contributed by atoms with Crippen LogP contribution in [-0.4, -0.2) is 38.7 Å². The van der Waals surface area contributed by atoms with Gasteiger partial charge in [0.05, 0.1) is 6.26 Å². The second-order valence-electron chi connectivity index (χ2n) is 3.34. The zero-order valence-corrected chi connectivity index (χ0v) is 10.0. The summed E-state index contributed by atoms with van der Waals surface area (Å²) < 4.78 is 23.7. The molecule has 0 saturated carbocycles. The number of nitrogens with one attached hydrogen (secondary N) is 3. The fourth-order valence-electron chi connectivity index (χ4n) is 1.10. The van der Waals surface area contributed by atoms with E-state index in [0.717, 1.165) is 6.26 Å². The van der Waals surface area contributed by atoms with Crippen LogP contribution in [0.15, 0.2) is 23.3 Å². The van der Waals surface area contributed by atoms with Crippen molar-refractivity contribution in [3.05, 3.63) is 34.2 Å². The first-order valence-corrected chi connectivity index (χ1v) is 6.69. The van der Waals surface area contributed by atoms with Gasteiger partial charge in [-0.25, -0.2) is 13.1 Å². The summed E-state index contributed by atoms with van der Waals surface area (Å²) in [7, 11) is -3.26. The minimum Gasteiger partial charge on any atom is -0.367 e. The Kier molecular flexibility index (Phi) is 4.41. The van der Waals surface area contributed by atoms with E-state index >= 15 is 0 Å². The predicted octanol–water partition coefficient (Wildman–Crippen LogP) is -1.35. The Morgan fingerprint density at radius 1 is 1.41 bits per heavy atom. The van der Waals surface area contributed by atoms with E-state index in [-0.39, 0.29) is 18.7 Å². The zero-order valence-electron chi connectivity index (χ0n) is 9.19. The molecule has 8 heteroatoms. The fourth-order valence-corrected chi connectivity index (χ4v) is 1.57. The highest BCUT2D eigenvalue weighted by Crippen LogP contribution is 1.86. The first-order valence-electron chi connectivity index (χ1n) is 4.80. The van der Waals surface area contributed by atoms with Crippen LogP contribution in [0.2, 0.25) is 0 Å². The van der Waals surface area contributed by atoms with Gasteiger partial charge in [-0.05, 0) is 0 Å². The number of sulfonamides is 1. The molecule has 7 nitrogen and oxygen atoms in total. The van der Waals surface area contributed by atoms with Crippen LogP contribution < -0.4 is 15.5 Å². The molecule has 0 atom stereocenters. The highest BCUT2D eigenvalue weighted by Gasteiger charge is 2.08. The molecule has 1 amide bonds. The zero-order chi connectivity index (χ0) is 12.9. The number of H-pyrrole nitrogens is 1. The van der Waals surface area contributed by atoms with Crippen LogP contribution in [0.3, 0.4) is 0 Å². The van der Waals surface area contributed by atoms with E-state index in [1.807, 2.05) is 0 Å². The molecule has 0 saturated heterocycles. The SMILES string of the molecule is CS(=O)(=O)NCCNC(=O)c1c[nH]ccc1=O. The third-order valence-electron chi connectivity index (χ3n) is 1.84. The molecule has 94 valence electrons. The first kappa shape index (κ1) is 13.4. The van der Waals surface area contributed by atoms with Crippen molar-refractivity contribution in [3.63, 3.8) is 0 Å². The normalized spacial score (nSPS) is 11.1. The third kappa shape index (κ3) is 4.79. The van der Waals surface area contributed by atoms with Gasteiger partial charge >= 0.3 is 0 Å². The Morgan fingerprint density at radius 2 is 2.12 bits per heavy atom. The van der Waals surface area contributed by atoms with Gasteiger partial charge in [-0.15, -0.1) is 0 Å². The second-order valence-corrected chi connectivity index (χ2v) is 5.18. The second kappa shape index (κ2) is 5.60. The summed E-state index contributed by atoms with van der Waals surface area (Å²) >= 11 is 0. The summed E-state index contributed by atoms with van der Waals surface area (Å²) in [6.07, 6.45) is 3.74. The summed E-state index contributed by atoms with van der Waals surface area (Å²) in [5, 5.41) is 2.43. The number of carbonyl (C=O) groups excluding carboxylic acids is 1. The maximum absolute atomic E-state index is 11.5. The van der Waals surface area contributed by atoms with Crippen LogP contribution in [0, 0.1) is 0 Å². The molecule has 1 rings (SSSR count). The van der Waals surface area contributed by atoms with Crippen LogP contribution in [0.4, 0.5) is 0 Å². The Bertz CT molecular complexity index is 549. The van der Waals surface area contributed by atoms with E-state index in [1.165, 1.54) is 18.5 Å². The summed E-state index contributed by atoms with van der Waals surface area (Å²) in [6, 6.07) is 1.24. The summed E-state index contributed by atoms with van der Waals surface area (Å²) in [6.45, 7) is 0.190. The van der Waals surface area contributed by atoms with Crippen molar-refractivity contribution in [1.82, 2.24) is 15.0 Å². The quantitative estimate of drug-likeness (QED) is 0.568. The molecule has 1 aromatic rings. The lowest BCUT2D eigenvalue weighted by atomic mass is 10.2. The smallest absolute Gasteiger partial charge is 0.256 e. The lowest BCUT2D eigenvalue weighted by Gasteiger charge is -2.04. The number of pyridine rings is 1. The van der Waals surface area contributed by atoms with Gasteiger partial charge in [-0.2, -0.15) is 0 Å². The van der Waals surface area contributed by atoms with Gasteiger partial charge in [-0.1, -0.05) is 0 Å². The summed E-state index contributed by atoms with van der Waals surface area (Å²) in [5.41, 5.74) is -0.399. The molecule has 0 radical (unpaired) electrons. The molecule has 0 aliphatic rings. The number of carbonyl (C=O) groups is 1. The Hall–Kier alpha value is -1.67. The molecule has 0 aliphatic carbocycles. The number of hydrogen-bond donors (Lipinski definition) is 3. The fraction of sp³-hybridized carbons (Fsp3) is 0.333. The highest BCUT2D eigenvalue weighted by molar-refractivity contribution is 7.88. The monoisotopic (exact) mass is 259 g/mol. The van der Waals surface area contributed by atoms with Crippen molar-refractivity contribution in [2.45, 2.75) is 0 Å². The van der Waals surface area contributed by atoms with Gasteiger partial charge in [0.15, 0.2) is 5.43 Å². The molecule has 0 aromatic carbocycles. The van der Waals surface area contributed by atoms with Gasteiger partial charge in [-0.3, -0.25) is 9.59 Å². The maximum Gasteiger partial charge on any atom is 0.256 e. The number of amides is 1. The van der Waals surface area contributed by atoms with E-state index in [9.17, 15) is 18.0 Å². The van der Waals surface area contributed by atoms with Gasteiger partial charge < -0.3 is 10.3 Å². The number of aromatic amines is 1. The van der Waals surface area contributed by atoms with Crippen molar-refractivity contribution < 1.29 is 13.2 Å². The largest absolute Gasteiger partial charge is 0.367 e.